The maximum absolute atomic E-state index is 10.6. The minimum atomic E-state index is 0.0889. The van der Waals surface area contributed by atoms with E-state index in [0.29, 0.717) is 29.6 Å². The summed E-state index contributed by atoms with van der Waals surface area (Å²) in [5.41, 5.74) is 4.53. The number of rotatable bonds is 6. The molecule has 152 valence electrons. The highest BCUT2D eigenvalue weighted by atomic mass is 16.6. The van der Waals surface area contributed by atoms with Crippen LogP contribution in [-0.2, 0) is 4.84 Å². The number of aromatic amines is 1. The topological polar surface area (TPSA) is 94.0 Å². The predicted molar refractivity (Wildman–Crippen MR) is 117 cm³/mol. The lowest BCUT2D eigenvalue weighted by Gasteiger charge is -2.08. The largest absolute Gasteiger partial charge is 0.494 e. The van der Waals surface area contributed by atoms with Gasteiger partial charge >= 0.3 is 0 Å². The number of aromatic hydroxyl groups is 1. The molecule has 0 bridgehead atoms. The molecular weight excluding hydrogens is 378 g/mol. The normalized spacial score (nSPS) is 25.4. The van der Waals surface area contributed by atoms with Crippen molar-refractivity contribution in [1.82, 2.24) is 15.6 Å². The quantitative estimate of drug-likeness (QED) is 0.377. The van der Waals surface area contributed by atoms with Crippen LogP contribution in [0.1, 0.15) is 11.1 Å². The molecule has 2 aliphatic heterocycles. The second kappa shape index (κ2) is 6.97. The van der Waals surface area contributed by atoms with Crippen LogP contribution < -0.4 is 10.6 Å². The number of piperidine rings is 1. The van der Waals surface area contributed by atoms with E-state index in [4.69, 9.17) is 9.83 Å². The first-order valence-corrected chi connectivity index (χ1v) is 10.4. The lowest BCUT2D eigenvalue weighted by atomic mass is 10.0. The average Bonchev–Trinajstić information content (AvgIpc) is 3.13. The zero-order valence-corrected chi connectivity index (χ0v) is 16.4. The van der Waals surface area contributed by atoms with Gasteiger partial charge in [0.15, 0.2) is 5.88 Å². The van der Waals surface area contributed by atoms with Gasteiger partial charge in [0, 0.05) is 29.1 Å². The maximum atomic E-state index is 10.6. The molecule has 0 amide bonds. The van der Waals surface area contributed by atoms with E-state index in [2.05, 4.69) is 20.8 Å². The van der Waals surface area contributed by atoms with Gasteiger partial charge in [-0.25, -0.2) is 4.99 Å². The van der Waals surface area contributed by atoms with Gasteiger partial charge in [-0.05, 0) is 37.1 Å². The molecule has 1 aliphatic carbocycles. The Morgan fingerprint density at radius 1 is 1.10 bits per heavy atom. The minimum Gasteiger partial charge on any atom is -0.494 e. The Morgan fingerprint density at radius 3 is 2.80 bits per heavy atom. The monoisotopic (exact) mass is 401 g/mol. The van der Waals surface area contributed by atoms with E-state index >= 15 is 0 Å². The first-order valence-electron chi connectivity index (χ1n) is 10.4. The molecular formula is C23H23N5O2. The van der Waals surface area contributed by atoms with Crippen LogP contribution in [0.3, 0.4) is 0 Å². The van der Waals surface area contributed by atoms with Crippen LogP contribution in [-0.4, -0.2) is 53.8 Å². The van der Waals surface area contributed by atoms with Gasteiger partial charge in [-0.1, -0.05) is 41.6 Å². The van der Waals surface area contributed by atoms with Crippen molar-refractivity contribution in [3.05, 3.63) is 59.7 Å². The van der Waals surface area contributed by atoms with E-state index in [1.54, 1.807) is 0 Å². The van der Waals surface area contributed by atoms with Gasteiger partial charge in [0.05, 0.1) is 11.3 Å². The molecule has 0 radical (unpaired) electrons. The van der Waals surface area contributed by atoms with Gasteiger partial charge < -0.3 is 25.6 Å². The number of aliphatic imine (C=N–C) groups is 1. The molecule has 1 saturated heterocycles. The maximum Gasteiger partial charge on any atom is 0.199 e. The van der Waals surface area contributed by atoms with Crippen LogP contribution in [0.15, 0.2) is 58.7 Å². The van der Waals surface area contributed by atoms with E-state index in [1.165, 1.54) is 0 Å². The van der Waals surface area contributed by atoms with Crippen molar-refractivity contribution in [3.63, 3.8) is 0 Å². The van der Waals surface area contributed by atoms with Crippen molar-refractivity contribution in [2.24, 2.45) is 22.0 Å². The van der Waals surface area contributed by atoms with E-state index in [-0.39, 0.29) is 5.88 Å². The Kier molecular flexibility index (Phi) is 4.11. The van der Waals surface area contributed by atoms with Crippen molar-refractivity contribution >= 4 is 28.0 Å². The molecule has 3 heterocycles. The second-order valence-corrected chi connectivity index (χ2v) is 8.11. The summed E-state index contributed by atoms with van der Waals surface area (Å²) in [6.45, 7) is 3.50. The van der Waals surface area contributed by atoms with Crippen LogP contribution in [0.5, 0.6) is 5.88 Å². The molecule has 2 atom stereocenters. The summed E-state index contributed by atoms with van der Waals surface area (Å²) in [4.78, 5) is 13.5. The first-order chi connectivity index (χ1) is 14.8. The molecule has 0 spiro atoms. The van der Waals surface area contributed by atoms with Crippen molar-refractivity contribution in [2.75, 3.05) is 26.2 Å². The van der Waals surface area contributed by atoms with Crippen LogP contribution in [0.4, 0.5) is 5.69 Å². The molecule has 6 rings (SSSR count). The SMILES string of the molecule is Oc1[nH]c2ccccc2c1C1=Nc2ccccc2/C1=N\OCCNC1C2CNCC21. The Labute approximate surface area is 173 Å². The summed E-state index contributed by atoms with van der Waals surface area (Å²) in [6.07, 6.45) is 0. The van der Waals surface area contributed by atoms with Crippen LogP contribution in [0, 0.1) is 11.8 Å². The molecule has 4 N–H and O–H groups in total. The summed E-state index contributed by atoms with van der Waals surface area (Å²) >= 11 is 0. The third-order valence-corrected chi connectivity index (χ3v) is 6.36. The number of oxime groups is 1. The molecule has 1 aromatic heterocycles. The lowest BCUT2D eigenvalue weighted by molar-refractivity contribution is 0.146. The lowest BCUT2D eigenvalue weighted by Crippen LogP contribution is -2.29. The number of benzene rings is 2. The van der Waals surface area contributed by atoms with Crippen LogP contribution >= 0.6 is 0 Å². The zero-order chi connectivity index (χ0) is 20.1. The van der Waals surface area contributed by atoms with Gasteiger partial charge in [0.2, 0.25) is 0 Å². The highest BCUT2D eigenvalue weighted by Crippen LogP contribution is 2.41. The number of H-pyrrole nitrogens is 1. The van der Waals surface area contributed by atoms with Crippen molar-refractivity contribution in [2.45, 2.75) is 6.04 Å². The first kappa shape index (κ1) is 17.7. The molecule has 30 heavy (non-hydrogen) atoms. The second-order valence-electron chi connectivity index (χ2n) is 8.11. The Hall–Kier alpha value is -3.16. The number of nitrogens with one attached hydrogen (secondary N) is 3. The molecule has 3 aliphatic rings. The van der Waals surface area contributed by atoms with Gasteiger partial charge in [0.1, 0.15) is 18.0 Å². The molecule has 7 heteroatoms. The van der Waals surface area contributed by atoms with E-state index in [1.807, 2.05) is 48.5 Å². The molecule has 2 unspecified atom stereocenters. The molecule has 7 nitrogen and oxygen atoms in total. The predicted octanol–water partition coefficient (Wildman–Crippen LogP) is 2.54. The van der Waals surface area contributed by atoms with E-state index in [0.717, 1.165) is 53.6 Å². The number of aromatic nitrogens is 1. The number of nitrogens with zero attached hydrogens (tertiary/aromatic N) is 2. The number of para-hydroxylation sites is 2. The van der Waals surface area contributed by atoms with Crippen molar-refractivity contribution in [3.8, 4) is 5.88 Å². The fourth-order valence-corrected chi connectivity index (χ4v) is 4.81. The Bertz CT molecular complexity index is 1170. The molecule has 1 saturated carbocycles. The Balaban J connectivity index is 1.24. The Morgan fingerprint density at radius 2 is 1.90 bits per heavy atom. The van der Waals surface area contributed by atoms with Gasteiger partial charge in [0.25, 0.3) is 0 Å². The minimum absolute atomic E-state index is 0.0889. The summed E-state index contributed by atoms with van der Waals surface area (Å²) in [5, 5.41) is 22.9. The highest BCUT2D eigenvalue weighted by molar-refractivity contribution is 6.58. The number of hydrogen-bond donors (Lipinski definition) is 4. The van der Waals surface area contributed by atoms with Gasteiger partial charge in [-0.2, -0.15) is 0 Å². The number of hydrogen-bond acceptors (Lipinski definition) is 6. The van der Waals surface area contributed by atoms with Crippen LogP contribution in [0.25, 0.3) is 10.9 Å². The van der Waals surface area contributed by atoms with Crippen molar-refractivity contribution in [1.29, 1.82) is 0 Å². The van der Waals surface area contributed by atoms with Gasteiger partial charge in [-0.3, -0.25) is 0 Å². The third-order valence-electron chi connectivity index (χ3n) is 6.36. The van der Waals surface area contributed by atoms with E-state index in [9.17, 15) is 5.11 Å². The average molecular weight is 401 g/mol. The summed E-state index contributed by atoms with van der Waals surface area (Å²) in [5.74, 6) is 1.65. The fourth-order valence-electron chi connectivity index (χ4n) is 4.81. The number of fused-ring (bicyclic) bond motifs is 3. The molecule has 2 fully saturated rings. The zero-order valence-electron chi connectivity index (χ0n) is 16.4. The van der Waals surface area contributed by atoms with E-state index < -0.39 is 0 Å². The molecule has 3 aromatic rings. The molecule has 2 aromatic carbocycles. The standard InChI is InChI=1S/C23H23N5O2/c29-23-19(13-5-1-3-7-17(13)27-23)22-21(14-6-2-4-8-18(14)26-22)28-30-10-9-25-20-15-11-24-12-16(15)20/h1-8,15-16,20,24-25,27,29H,9-12H2/b28-21+. The van der Waals surface area contributed by atoms with Gasteiger partial charge in [-0.15, -0.1) is 0 Å². The third kappa shape index (κ3) is 2.81. The fraction of sp³-hybridized carbons (Fsp3) is 0.304. The van der Waals surface area contributed by atoms with Crippen LogP contribution in [0.2, 0.25) is 0 Å². The summed E-state index contributed by atoms with van der Waals surface area (Å²) < 4.78 is 0. The smallest absolute Gasteiger partial charge is 0.199 e. The summed E-state index contributed by atoms with van der Waals surface area (Å²) in [7, 11) is 0. The summed E-state index contributed by atoms with van der Waals surface area (Å²) in [6, 6.07) is 16.2. The van der Waals surface area contributed by atoms with Crippen molar-refractivity contribution < 1.29 is 9.94 Å². The highest BCUT2D eigenvalue weighted by Gasteiger charge is 2.52.